The van der Waals surface area contributed by atoms with Crippen molar-refractivity contribution in [1.29, 1.82) is 0 Å². The van der Waals surface area contributed by atoms with Gasteiger partial charge < -0.3 is 14.8 Å². The van der Waals surface area contributed by atoms with Gasteiger partial charge >= 0.3 is 0 Å². The lowest BCUT2D eigenvalue weighted by atomic mass is 10.2. The number of nitrogens with one attached hydrogen (secondary N) is 1. The fourth-order valence-corrected chi connectivity index (χ4v) is 5.57. The van der Waals surface area contributed by atoms with Gasteiger partial charge in [-0.25, -0.2) is 8.42 Å². The van der Waals surface area contributed by atoms with Gasteiger partial charge in [0.2, 0.25) is 15.9 Å². The molecule has 10 heteroatoms. The minimum Gasteiger partial charge on any atom is -0.353 e. The van der Waals surface area contributed by atoms with Gasteiger partial charge in [-0.1, -0.05) is 6.42 Å². The molecule has 1 aromatic heterocycles. The van der Waals surface area contributed by atoms with Crippen LogP contribution >= 0.6 is 0 Å². The van der Waals surface area contributed by atoms with E-state index in [1.165, 1.54) is 16.6 Å². The van der Waals surface area contributed by atoms with E-state index in [-0.39, 0.29) is 22.8 Å². The summed E-state index contributed by atoms with van der Waals surface area (Å²) in [6.45, 7) is 7.48. The fraction of sp³-hybridized carbons (Fsp3) is 0.700. The number of rotatable bonds is 6. The Kier molecular flexibility index (Phi) is 7.20. The summed E-state index contributed by atoms with van der Waals surface area (Å²) >= 11 is 0. The van der Waals surface area contributed by atoms with Crippen LogP contribution in [0.25, 0.3) is 0 Å². The zero-order chi connectivity index (χ0) is 21.9. The van der Waals surface area contributed by atoms with Crippen LogP contribution in [0.2, 0.25) is 0 Å². The molecule has 3 rings (SSSR count). The summed E-state index contributed by atoms with van der Waals surface area (Å²) in [5, 5.41) is 2.88. The van der Waals surface area contributed by atoms with Gasteiger partial charge in [0, 0.05) is 58.6 Å². The van der Waals surface area contributed by atoms with Gasteiger partial charge in [-0.3, -0.25) is 14.5 Å². The Morgan fingerprint density at radius 1 is 1.03 bits per heavy atom. The molecule has 2 amide bonds. The lowest BCUT2D eigenvalue weighted by Crippen LogP contribution is -2.51. The van der Waals surface area contributed by atoms with Crippen molar-refractivity contribution in [3.63, 3.8) is 0 Å². The van der Waals surface area contributed by atoms with Crippen LogP contribution in [0, 0.1) is 0 Å². The van der Waals surface area contributed by atoms with Crippen LogP contribution in [-0.2, 0) is 21.9 Å². The van der Waals surface area contributed by atoms with Gasteiger partial charge in [-0.2, -0.15) is 4.31 Å². The minimum atomic E-state index is -3.57. The van der Waals surface area contributed by atoms with Gasteiger partial charge in [0.25, 0.3) is 5.91 Å². The molecule has 2 aliphatic rings. The quantitative estimate of drug-likeness (QED) is 0.696. The molecule has 2 fully saturated rings. The highest BCUT2D eigenvalue weighted by atomic mass is 32.2. The van der Waals surface area contributed by atoms with Gasteiger partial charge in [-0.05, 0) is 32.8 Å². The highest BCUT2D eigenvalue weighted by Crippen LogP contribution is 2.23. The first-order valence-electron chi connectivity index (χ1n) is 10.7. The van der Waals surface area contributed by atoms with Crippen LogP contribution in [0.3, 0.4) is 0 Å². The lowest BCUT2D eigenvalue weighted by Gasteiger charge is -2.34. The van der Waals surface area contributed by atoms with Crippen LogP contribution in [0.4, 0.5) is 0 Å². The highest BCUT2D eigenvalue weighted by molar-refractivity contribution is 7.89. The third kappa shape index (κ3) is 5.22. The molecule has 2 saturated heterocycles. The van der Waals surface area contributed by atoms with Crippen molar-refractivity contribution in [2.45, 2.75) is 44.0 Å². The molecule has 30 heavy (non-hydrogen) atoms. The first-order chi connectivity index (χ1) is 14.2. The molecule has 2 aliphatic heterocycles. The molecule has 0 spiro atoms. The molecule has 0 aliphatic carbocycles. The van der Waals surface area contributed by atoms with Crippen molar-refractivity contribution in [3.05, 3.63) is 18.0 Å². The van der Waals surface area contributed by atoms with Crippen LogP contribution in [0.5, 0.6) is 0 Å². The van der Waals surface area contributed by atoms with E-state index in [1.54, 1.807) is 16.5 Å². The van der Waals surface area contributed by atoms with Crippen molar-refractivity contribution in [2.24, 2.45) is 7.05 Å². The molecule has 3 heterocycles. The van der Waals surface area contributed by atoms with Crippen molar-refractivity contribution < 1.29 is 18.0 Å². The molecule has 1 aromatic rings. The van der Waals surface area contributed by atoms with E-state index in [0.29, 0.717) is 51.5 Å². The third-order valence-corrected chi connectivity index (χ3v) is 7.49. The second kappa shape index (κ2) is 9.49. The van der Waals surface area contributed by atoms with Crippen LogP contribution < -0.4 is 5.32 Å². The maximum Gasteiger partial charge on any atom is 0.270 e. The molecule has 0 saturated carbocycles. The number of carbonyl (C=O) groups excluding carboxylic acids is 2. The number of amides is 2. The maximum absolute atomic E-state index is 13.0. The second-order valence-corrected chi connectivity index (χ2v) is 10.4. The van der Waals surface area contributed by atoms with Gasteiger partial charge in [-0.15, -0.1) is 0 Å². The van der Waals surface area contributed by atoms with Crippen molar-refractivity contribution >= 4 is 21.8 Å². The van der Waals surface area contributed by atoms with E-state index >= 15 is 0 Å². The number of carbonyl (C=O) groups is 2. The molecule has 9 nitrogen and oxygen atoms in total. The van der Waals surface area contributed by atoms with E-state index in [0.717, 1.165) is 19.3 Å². The number of hydrogen-bond acceptors (Lipinski definition) is 5. The Labute approximate surface area is 179 Å². The largest absolute Gasteiger partial charge is 0.353 e. The standard InChI is InChI=1S/C20H33N5O4S/c1-16(2)21-19(26)15-23-9-11-24(12-10-23)20(27)18-13-17(14-22(18)3)30(28,29)25-7-5-4-6-8-25/h13-14,16H,4-12,15H2,1-3H3,(H,21,26). The number of sulfonamides is 1. The molecule has 0 aromatic carbocycles. The van der Waals surface area contributed by atoms with Crippen molar-refractivity contribution in [1.82, 2.24) is 24.0 Å². The fourth-order valence-electron chi connectivity index (χ4n) is 3.98. The number of hydrogen-bond donors (Lipinski definition) is 1. The van der Waals surface area contributed by atoms with Crippen molar-refractivity contribution in [2.75, 3.05) is 45.8 Å². The SMILES string of the molecule is CC(C)NC(=O)CN1CCN(C(=O)c2cc(S(=O)(=O)N3CCCCC3)cn2C)CC1. The van der Waals surface area contributed by atoms with Gasteiger partial charge in [0.1, 0.15) is 10.6 Å². The summed E-state index contributed by atoms with van der Waals surface area (Å²) in [5.74, 6) is -0.191. The normalized spacial score (nSPS) is 19.3. The Bertz CT molecular complexity index is 866. The van der Waals surface area contributed by atoms with E-state index < -0.39 is 10.0 Å². The van der Waals surface area contributed by atoms with E-state index in [2.05, 4.69) is 5.32 Å². The molecule has 0 unspecified atom stereocenters. The average Bonchev–Trinajstić information content (AvgIpc) is 3.10. The van der Waals surface area contributed by atoms with Crippen molar-refractivity contribution in [3.8, 4) is 0 Å². The Balaban J connectivity index is 1.62. The molecule has 0 atom stereocenters. The number of aryl methyl sites for hydroxylation is 1. The number of aromatic nitrogens is 1. The summed E-state index contributed by atoms with van der Waals surface area (Å²) in [6, 6.07) is 1.60. The predicted octanol–water partition coefficient (Wildman–Crippen LogP) is 0.482. The number of nitrogens with zero attached hydrogens (tertiary/aromatic N) is 4. The zero-order valence-electron chi connectivity index (χ0n) is 18.1. The molecule has 1 N–H and O–H groups in total. The zero-order valence-corrected chi connectivity index (χ0v) is 18.9. The Morgan fingerprint density at radius 2 is 1.67 bits per heavy atom. The van der Waals surface area contributed by atoms with Gasteiger partial charge in [0.05, 0.1) is 6.54 Å². The second-order valence-electron chi connectivity index (χ2n) is 8.43. The Hall–Kier alpha value is -1.91. The predicted molar refractivity (Wildman–Crippen MR) is 114 cm³/mol. The van der Waals surface area contributed by atoms with E-state index in [1.807, 2.05) is 18.7 Å². The summed E-state index contributed by atoms with van der Waals surface area (Å²) in [5.41, 5.74) is 0.372. The van der Waals surface area contributed by atoms with Crippen LogP contribution in [0.15, 0.2) is 17.2 Å². The van der Waals surface area contributed by atoms with Crippen LogP contribution in [-0.4, -0.2) is 90.8 Å². The smallest absolute Gasteiger partial charge is 0.270 e. The first-order valence-corrected chi connectivity index (χ1v) is 12.1. The minimum absolute atomic E-state index is 0.0141. The highest BCUT2D eigenvalue weighted by Gasteiger charge is 2.30. The molecule has 0 bridgehead atoms. The lowest BCUT2D eigenvalue weighted by molar-refractivity contribution is -0.123. The summed E-state index contributed by atoms with van der Waals surface area (Å²) < 4.78 is 28.9. The van der Waals surface area contributed by atoms with E-state index in [4.69, 9.17) is 0 Å². The van der Waals surface area contributed by atoms with Gasteiger partial charge in [0.15, 0.2) is 0 Å². The monoisotopic (exact) mass is 439 g/mol. The molecule has 0 radical (unpaired) electrons. The third-order valence-electron chi connectivity index (χ3n) is 5.63. The Morgan fingerprint density at radius 3 is 2.27 bits per heavy atom. The topological polar surface area (TPSA) is 95.0 Å². The molecular weight excluding hydrogens is 406 g/mol. The summed E-state index contributed by atoms with van der Waals surface area (Å²) in [7, 11) is -1.87. The van der Waals surface area contributed by atoms with Crippen LogP contribution in [0.1, 0.15) is 43.6 Å². The molecule has 168 valence electrons. The number of piperazine rings is 1. The summed E-state index contributed by atoms with van der Waals surface area (Å²) in [4.78, 5) is 28.9. The average molecular weight is 440 g/mol. The molecular formula is C20H33N5O4S. The summed E-state index contributed by atoms with van der Waals surface area (Å²) in [6.07, 6.45) is 4.33. The maximum atomic E-state index is 13.0. The number of piperidine rings is 1. The first kappa shape index (κ1) is 22.8. The van der Waals surface area contributed by atoms with E-state index in [9.17, 15) is 18.0 Å².